The summed E-state index contributed by atoms with van der Waals surface area (Å²) in [5.41, 5.74) is 6.45. The van der Waals surface area contributed by atoms with E-state index in [1.165, 1.54) is 5.57 Å². The molecular formula is C20H18O4. The second kappa shape index (κ2) is 5.64. The number of hydrogen-bond donors (Lipinski definition) is 2. The van der Waals surface area contributed by atoms with Crippen LogP contribution in [0.1, 0.15) is 62.7 Å². The number of carbonyl (C=O) groups is 2. The van der Waals surface area contributed by atoms with Gasteiger partial charge in [0, 0.05) is 5.92 Å². The second-order valence-corrected chi connectivity index (χ2v) is 6.17. The lowest BCUT2D eigenvalue weighted by atomic mass is 9.90. The van der Waals surface area contributed by atoms with Crippen LogP contribution in [0.5, 0.6) is 0 Å². The van der Waals surface area contributed by atoms with Gasteiger partial charge >= 0.3 is 11.9 Å². The molecule has 122 valence electrons. The number of benzene rings is 2. The van der Waals surface area contributed by atoms with E-state index in [1.807, 2.05) is 19.9 Å². The molecule has 0 radical (unpaired) electrons. The summed E-state index contributed by atoms with van der Waals surface area (Å²) in [5.74, 6) is -1.69. The Kier molecular flexibility index (Phi) is 3.76. The number of rotatable bonds is 3. The van der Waals surface area contributed by atoms with Gasteiger partial charge in [-0.05, 0) is 59.9 Å². The first kappa shape index (κ1) is 16.0. The molecule has 1 unspecified atom stereocenters. The molecule has 0 saturated carbocycles. The molecule has 0 bridgehead atoms. The van der Waals surface area contributed by atoms with E-state index >= 15 is 0 Å². The predicted molar refractivity (Wildman–Crippen MR) is 91.7 cm³/mol. The van der Waals surface area contributed by atoms with Crippen molar-refractivity contribution in [2.24, 2.45) is 0 Å². The number of allylic oxidation sites excluding steroid dienone is 1. The standard InChI is InChI=1S/C20H18O4/c1-10-11(2)17(13-4-6-14(7-5-13)19(21)22)18-12(3)16(20(23)24)9-8-15(10)18/h4-10H,1-3H3,(H,21,22)(H,23,24). The molecule has 2 N–H and O–H groups in total. The molecule has 0 amide bonds. The summed E-state index contributed by atoms with van der Waals surface area (Å²) < 4.78 is 0. The quantitative estimate of drug-likeness (QED) is 0.882. The Morgan fingerprint density at radius 3 is 2.08 bits per heavy atom. The first-order valence-corrected chi connectivity index (χ1v) is 7.74. The Hall–Kier alpha value is -2.88. The summed E-state index contributed by atoms with van der Waals surface area (Å²) in [7, 11) is 0. The Balaban J connectivity index is 2.22. The zero-order valence-corrected chi connectivity index (χ0v) is 13.8. The predicted octanol–water partition coefficient (Wildman–Crippen LogP) is 4.33. The van der Waals surface area contributed by atoms with E-state index < -0.39 is 11.9 Å². The maximum atomic E-state index is 11.5. The highest BCUT2D eigenvalue weighted by Gasteiger charge is 2.29. The van der Waals surface area contributed by atoms with Crippen LogP contribution in [0.3, 0.4) is 0 Å². The Morgan fingerprint density at radius 2 is 1.54 bits per heavy atom. The van der Waals surface area contributed by atoms with Crippen molar-refractivity contribution >= 4 is 17.5 Å². The SMILES string of the molecule is CC1=C(c2ccc(C(=O)O)cc2)c2c(ccc(C(=O)O)c2C)C1C. The first-order chi connectivity index (χ1) is 11.3. The molecule has 0 aromatic heterocycles. The summed E-state index contributed by atoms with van der Waals surface area (Å²) in [4.78, 5) is 22.5. The molecule has 3 rings (SSSR count). The fourth-order valence-electron chi connectivity index (χ4n) is 3.46. The lowest BCUT2D eigenvalue weighted by Crippen LogP contribution is -2.04. The fourth-order valence-corrected chi connectivity index (χ4v) is 3.46. The summed E-state index contributed by atoms with van der Waals surface area (Å²) in [6.45, 7) is 5.98. The van der Waals surface area contributed by atoms with Gasteiger partial charge in [0.1, 0.15) is 0 Å². The van der Waals surface area contributed by atoms with Gasteiger partial charge in [0.05, 0.1) is 11.1 Å². The molecule has 0 saturated heterocycles. The molecule has 1 atom stereocenters. The third-order valence-corrected chi connectivity index (χ3v) is 4.91. The van der Waals surface area contributed by atoms with E-state index in [0.717, 1.165) is 27.8 Å². The van der Waals surface area contributed by atoms with Crippen molar-refractivity contribution in [2.75, 3.05) is 0 Å². The average molecular weight is 322 g/mol. The Morgan fingerprint density at radius 1 is 0.917 bits per heavy atom. The number of carboxylic acids is 2. The minimum absolute atomic E-state index is 0.204. The van der Waals surface area contributed by atoms with Gasteiger partial charge in [-0.1, -0.05) is 30.7 Å². The molecule has 24 heavy (non-hydrogen) atoms. The maximum Gasteiger partial charge on any atom is 0.335 e. The Labute approximate surface area is 140 Å². The third kappa shape index (κ3) is 2.31. The molecule has 1 aliphatic carbocycles. The molecule has 2 aromatic rings. The van der Waals surface area contributed by atoms with Gasteiger partial charge in [0.2, 0.25) is 0 Å². The van der Waals surface area contributed by atoms with Crippen LogP contribution in [0.15, 0.2) is 42.0 Å². The molecule has 4 heteroatoms. The van der Waals surface area contributed by atoms with Crippen molar-refractivity contribution in [1.82, 2.24) is 0 Å². The molecule has 0 spiro atoms. The highest BCUT2D eigenvalue weighted by Crippen LogP contribution is 2.46. The van der Waals surface area contributed by atoms with Crippen LogP contribution in [0, 0.1) is 6.92 Å². The summed E-state index contributed by atoms with van der Waals surface area (Å²) in [6, 6.07) is 10.3. The minimum atomic E-state index is -0.961. The molecule has 4 nitrogen and oxygen atoms in total. The molecule has 0 fully saturated rings. The number of hydrogen-bond acceptors (Lipinski definition) is 2. The molecule has 0 aliphatic heterocycles. The largest absolute Gasteiger partial charge is 0.478 e. The zero-order valence-electron chi connectivity index (χ0n) is 13.8. The van der Waals surface area contributed by atoms with Crippen molar-refractivity contribution < 1.29 is 19.8 Å². The van der Waals surface area contributed by atoms with E-state index in [1.54, 1.807) is 30.3 Å². The fraction of sp³-hybridized carbons (Fsp3) is 0.200. The van der Waals surface area contributed by atoms with E-state index in [9.17, 15) is 14.7 Å². The van der Waals surface area contributed by atoms with E-state index in [-0.39, 0.29) is 11.5 Å². The zero-order chi connectivity index (χ0) is 17.6. The van der Waals surface area contributed by atoms with Gasteiger partial charge < -0.3 is 10.2 Å². The van der Waals surface area contributed by atoms with Crippen LogP contribution in [0.2, 0.25) is 0 Å². The first-order valence-electron chi connectivity index (χ1n) is 7.74. The van der Waals surface area contributed by atoms with Gasteiger partial charge in [-0.2, -0.15) is 0 Å². The van der Waals surface area contributed by atoms with Gasteiger partial charge in [-0.15, -0.1) is 0 Å². The van der Waals surface area contributed by atoms with Crippen LogP contribution in [0.4, 0.5) is 0 Å². The maximum absolute atomic E-state index is 11.5. The molecule has 2 aromatic carbocycles. The van der Waals surface area contributed by atoms with Crippen molar-refractivity contribution in [3.05, 3.63) is 75.4 Å². The van der Waals surface area contributed by atoms with Crippen LogP contribution in [0.25, 0.3) is 5.57 Å². The van der Waals surface area contributed by atoms with Gasteiger partial charge in [0.25, 0.3) is 0 Å². The minimum Gasteiger partial charge on any atom is -0.478 e. The molecule has 1 aliphatic rings. The number of carboxylic acid groups (broad SMARTS) is 2. The normalized spacial score (nSPS) is 16.2. The van der Waals surface area contributed by atoms with Crippen LogP contribution in [-0.4, -0.2) is 22.2 Å². The van der Waals surface area contributed by atoms with Crippen molar-refractivity contribution in [1.29, 1.82) is 0 Å². The number of aromatic carboxylic acids is 2. The van der Waals surface area contributed by atoms with E-state index in [2.05, 4.69) is 6.92 Å². The van der Waals surface area contributed by atoms with Crippen molar-refractivity contribution in [2.45, 2.75) is 26.7 Å². The summed E-state index contributed by atoms with van der Waals surface area (Å²) in [5, 5.41) is 18.5. The van der Waals surface area contributed by atoms with Gasteiger partial charge in [-0.25, -0.2) is 9.59 Å². The topological polar surface area (TPSA) is 74.6 Å². The highest BCUT2D eigenvalue weighted by molar-refractivity contribution is 5.97. The van der Waals surface area contributed by atoms with Crippen LogP contribution < -0.4 is 0 Å². The highest BCUT2D eigenvalue weighted by atomic mass is 16.4. The van der Waals surface area contributed by atoms with Gasteiger partial charge in [-0.3, -0.25) is 0 Å². The summed E-state index contributed by atoms with van der Waals surface area (Å²) >= 11 is 0. The molecular weight excluding hydrogens is 304 g/mol. The average Bonchev–Trinajstić information content (AvgIpc) is 2.80. The Bertz CT molecular complexity index is 889. The smallest absolute Gasteiger partial charge is 0.335 e. The number of fused-ring (bicyclic) bond motifs is 1. The van der Waals surface area contributed by atoms with E-state index in [4.69, 9.17) is 5.11 Å². The van der Waals surface area contributed by atoms with Crippen molar-refractivity contribution in [3.8, 4) is 0 Å². The monoisotopic (exact) mass is 322 g/mol. The van der Waals surface area contributed by atoms with Gasteiger partial charge in [0.15, 0.2) is 0 Å². The van der Waals surface area contributed by atoms with Crippen LogP contribution in [-0.2, 0) is 0 Å². The summed E-state index contributed by atoms with van der Waals surface area (Å²) in [6.07, 6.45) is 0. The lowest BCUT2D eigenvalue weighted by Gasteiger charge is -2.13. The van der Waals surface area contributed by atoms with Crippen molar-refractivity contribution in [3.63, 3.8) is 0 Å². The second-order valence-electron chi connectivity index (χ2n) is 6.17. The van der Waals surface area contributed by atoms with Crippen LogP contribution >= 0.6 is 0 Å². The lowest BCUT2D eigenvalue weighted by molar-refractivity contribution is 0.0685. The third-order valence-electron chi connectivity index (χ3n) is 4.91. The molecule has 0 heterocycles. The van der Waals surface area contributed by atoms with E-state index in [0.29, 0.717) is 5.56 Å².